The summed E-state index contributed by atoms with van der Waals surface area (Å²) in [6, 6.07) is 9.86. The van der Waals surface area contributed by atoms with Crippen molar-refractivity contribution in [2.75, 3.05) is 4.90 Å². The number of hydrogen-bond acceptors (Lipinski definition) is 7. The van der Waals surface area contributed by atoms with Gasteiger partial charge in [-0.15, -0.1) is 21.5 Å². The first-order valence-electron chi connectivity index (χ1n) is 9.06. The number of aryl methyl sites for hydroxylation is 3. The molecule has 4 aromatic rings. The van der Waals surface area contributed by atoms with Gasteiger partial charge in [0.15, 0.2) is 10.3 Å². The zero-order valence-corrected chi connectivity index (χ0v) is 18.2. The van der Waals surface area contributed by atoms with E-state index in [0.717, 1.165) is 33.5 Å². The van der Waals surface area contributed by atoms with E-state index in [1.54, 1.807) is 23.6 Å². The Morgan fingerprint density at radius 1 is 1.17 bits per heavy atom. The molecule has 3 aromatic heterocycles. The smallest absolute Gasteiger partial charge is 0.256 e. The summed E-state index contributed by atoms with van der Waals surface area (Å²) in [4.78, 5) is 23.0. The van der Waals surface area contributed by atoms with Gasteiger partial charge in [-0.05, 0) is 44.5 Å². The summed E-state index contributed by atoms with van der Waals surface area (Å²) in [7, 11) is 0. The van der Waals surface area contributed by atoms with Crippen LogP contribution in [0.15, 0.2) is 40.9 Å². The first-order valence-corrected chi connectivity index (χ1v) is 10.9. The molecular formula is C20H20N6OS2. The zero-order chi connectivity index (χ0) is 20.5. The van der Waals surface area contributed by atoms with Crippen molar-refractivity contribution in [3.63, 3.8) is 0 Å². The van der Waals surface area contributed by atoms with Crippen LogP contribution in [0.25, 0.3) is 5.78 Å². The number of thiazole rings is 1. The quantitative estimate of drug-likeness (QED) is 0.440. The Hall–Kier alpha value is -2.78. The van der Waals surface area contributed by atoms with Gasteiger partial charge in [-0.3, -0.25) is 14.1 Å². The zero-order valence-electron chi connectivity index (χ0n) is 16.6. The van der Waals surface area contributed by atoms with E-state index >= 15 is 0 Å². The van der Waals surface area contributed by atoms with Crippen LogP contribution in [0, 0.1) is 20.8 Å². The molecule has 0 saturated carbocycles. The van der Waals surface area contributed by atoms with Crippen molar-refractivity contribution in [2.24, 2.45) is 0 Å². The summed E-state index contributed by atoms with van der Waals surface area (Å²) >= 11 is 3.01. The molecule has 9 heteroatoms. The van der Waals surface area contributed by atoms with Crippen molar-refractivity contribution in [3.05, 3.63) is 58.4 Å². The van der Waals surface area contributed by atoms with Crippen LogP contribution in [0.4, 0.5) is 10.8 Å². The molecule has 3 heterocycles. The Kier molecular flexibility index (Phi) is 5.33. The van der Waals surface area contributed by atoms with E-state index < -0.39 is 0 Å². The average molecular weight is 425 g/mol. The van der Waals surface area contributed by atoms with Crippen molar-refractivity contribution in [1.29, 1.82) is 0 Å². The van der Waals surface area contributed by atoms with Gasteiger partial charge in [0.25, 0.3) is 5.78 Å². The number of amides is 1. The van der Waals surface area contributed by atoms with Crippen molar-refractivity contribution in [1.82, 2.24) is 24.6 Å². The Morgan fingerprint density at radius 2 is 2.00 bits per heavy atom. The molecule has 7 nitrogen and oxygen atoms in total. The van der Waals surface area contributed by atoms with E-state index in [4.69, 9.17) is 0 Å². The van der Waals surface area contributed by atoms with E-state index in [1.165, 1.54) is 11.3 Å². The predicted octanol–water partition coefficient (Wildman–Crippen LogP) is 4.48. The lowest BCUT2D eigenvalue weighted by Crippen LogP contribution is -2.22. The van der Waals surface area contributed by atoms with Crippen LogP contribution >= 0.6 is 23.1 Å². The van der Waals surface area contributed by atoms with E-state index in [1.807, 2.05) is 60.9 Å². The molecule has 148 valence electrons. The Morgan fingerprint density at radius 3 is 2.76 bits per heavy atom. The standard InChI is InChI=1S/C20H20N6OS2/c1-12-6-5-7-17(8-12)26(15(4)27)19-22-16(10-28-19)11-29-20-24-23-18-21-13(2)9-14(3)25(18)20/h5-10H,11H2,1-4H3. The number of thioether (sulfide) groups is 1. The summed E-state index contributed by atoms with van der Waals surface area (Å²) in [5, 5.41) is 11.9. The highest BCUT2D eigenvalue weighted by molar-refractivity contribution is 7.98. The minimum Gasteiger partial charge on any atom is -0.274 e. The molecule has 0 N–H and O–H groups in total. The fraction of sp³-hybridized carbons (Fsp3) is 0.250. The van der Waals surface area contributed by atoms with Gasteiger partial charge in [-0.1, -0.05) is 23.9 Å². The second-order valence-electron chi connectivity index (χ2n) is 6.76. The first kappa shape index (κ1) is 19.5. The molecule has 0 aliphatic carbocycles. The molecule has 0 aliphatic heterocycles. The second-order valence-corrected chi connectivity index (χ2v) is 8.54. The Balaban J connectivity index is 1.56. The van der Waals surface area contributed by atoms with Crippen LogP contribution in [0.1, 0.15) is 29.6 Å². The molecular weight excluding hydrogens is 404 g/mol. The monoisotopic (exact) mass is 424 g/mol. The number of nitrogens with zero attached hydrogens (tertiary/aromatic N) is 6. The van der Waals surface area contributed by atoms with Crippen LogP contribution < -0.4 is 4.90 Å². The number of benzene rings is 1. The summed E-state index contributed by atoms with van der Waals surface area (Å²) in [6.45, 7) is 7.52. The summed E-state index contributed by atoms with van der Waals surface area (Å²) < 4.78 is 1.94. The maximum atomic E-state index is 12.3. The number of anilines is 2. The van der Waals surface area contributed by atoms with E-state index in [0.29, 0.717) is 16.7 Å². The van der Waals surface area contributed by atoms with Gasteiger partial charge in [0, 0.05) is 29.4 Å². The Labute approximate surface area is 176 Å². The molecule has 0 atom stereocenters. The molecule has 1 amide bonds. The summed E-state index contributed by atoms with van der Waals surface area (Å²) in [5.41, 5.74) is 4.78. The third-order valence-corrected chi connectivity index (χ3v) is 6.16. The lowest BCUT2D eigenvalue weighted by Gasteiger charge is -2.18. The number of fused-ring (bicyclic) bond motifs is 1. The highest BCUT2D eigenvalue weighted by Gasteiger charge is 2.18. The number of hydrogen-bond donors (Lipinski definition) is 0. The fourth-order valence-electron chi connectivity index (χ4n) is 3.09. The minimum absolute atomic E-state index is 0.0651. The highest BCUT2D eigenvalue weighted by Crippen LogP contribution is 2.31. The molecule has 0 aliphatic rings. The van der Waals surface area contributed by atoms with Gasteiger partial charge in [0.05, 0.1) is 11.4 Å². The van der Waals surface area contributed by atoms with E-state index in [2.05, 4.69) is 20.2 Å². The third kappa shape index (κ3) is 4.01. The van der Waals surface area contributed by atoms with Crippen LogP contribution in [0.5, 0.6) is 0 Å². The maximum Gasteiger partial charge on any atom is 0.256 e. The van der Waals surface area contributed by atoms with Crippen molar-refractivity contribution >= 4 is 45.6 Å². The fourth-order valence-corrected chi connectivity index (χ4v) is 4.96. The lowest BCUT2D eigenvalue weighted by molar-refractivity contribution is -0.115. The summed E-state index contributed by atoms with van der Waals surface area (Å²) in [6.07, 6.45) is 0. The van der Waals surface area contributed by atoms with Crippen LogP contribution in [0.2, 0.25) is 0 Å². The molecule has 4 rings (SSSR count). The first-order chi connectivity index (χ1) is 13.9. The largest absolute Gasteiger partial charge is 0.274 e. The van der Waals surface area contributed by atoms with Crippen molar-refractivity contribution < 1.29 is 4.79 Å². The minimum atomic E-state index is -0.0651. The van der Waals surface area contributed by atoms with Gasteiger partial charge in [-0.2, -0.15) is 0 Å². The van der Waals surface area contributed by atoms with Crippen LogP contribution in [0.3, 0.4) is 0 Å². The molecule has 0 spiro atoms. The predicted molar refractivity (Wildman–Crippen MR) is 116 cm³/mol. The number of aromatic nitrogens is 5. The topological polar surface area (TPSA) is 76.3 Å². The molecule has 0 bridgehead atoms. The molecule has 0 saturated heterocycles. The number of carbonyl (C=O) groups is 1. The lowest BCUT2D eigenvalue weighted by atomic mass is 10.2. The van der Waals surface area contributed by atoms with Gasteiger partial charge in [0.2, 0.25) is 5.91 Å². The van der Waals surface area contributed by atoms with Crippen LogP contribution in [-0.4, -0.2) is 30.5 Å². The van der Waals surface area contributed by atoms with E-state index in [-0.39, 0.29) is 5.91 Å². The van der Waals surface area contributed by atoms with Gasteiger partial charge in [0.1, 0.15) is 0 Å². The highest BCUT2D eigenvalue weighted by atomic mass is 32.2. The van der Waals surface area contributed by atoms with E-state index in [9.17, 15) is 4.79 Å². The second kappa shape index (κ2) is 7.92. The Bertz CT molecular complexity index is 1200. The molecule has 29 heavy (non-hydrogen) atoms. The molecule has 0 radical (unpaired) electrons. The third-order valence-electron chi connectivity index (χ3n) is 4.32. The molecule has 0 fully saturated rings. The van der Waals surface area contributed by atoms with Crippen molar-refractivity contribution in [3.8, 4) is 0 Å². The normalized spacial score (nSPS) is 11.2. The maximum absolute atomic E-state index is 12.3. The van der Waals surface area contributed by atoms with Crippen molar-refractivity contribution in [2.45, 2.75) is 38.6 Å². The molecule has 1 aromatic carbocycles. The van der Waals surface area contributed by atoms with Gasteiger partial charge < -0.3 is 0 Å². The summed E-state index contributed by atoms with van der Waals surface area (Å²) in [5.74, 6) is 1.17. The molecule has 0 unspecified atom stereocenters. The van der Waals surface area contributed by atoms with Crippen LogP contribution in [-0.2, 0) is 10.5 Å². The van der Waals surface area contributed by atoms with Gasteiger partial charge >= 0.3 is 0 Å². The number of rotatable bonds is 5. The SMILES string of the molecule is CC(=O)N(c1cccc(C)c1)c1nc(CSc2nnc3nc(C)cc(C)n23)cs1. The average Bonchev–Trinajstić information content (AvgIpc) is 3.27. The van der Waals surface area contributed by atoms with Gasteiger partial charge in [-0.25, -0.2) is 9.97 Å². The number of carbonyl (C=O) groups excluding carboxylic acids is 1.